The Labute approximate surface area is 88.3 Å². The Balaban J connectivity index is 1.99. The van der Waals surface area contributed by atoms with Crippen LogP contribution in [0.25, 0.3) is 0 Å². The van der Waals surface area contributed by atoms with E-state index >= 15 is 0 Å². The first-order valence-corrected chi connectivity index (χ1v) is 6.04. The lowest BCUT2D eigenvalue weighted by Gasteiger charge is -2.42. The van der Waals surface area contributed by atoms with E-state index in [2.05, 4.69) is 30.7 Å². The molecule has 0 aliphatic carbocycles. The first kappa shape index (κ1) is 10.4. The van der Waals surface area contributed by atoms with Crippen LogP contribution in [0.3, 0.4) is 0 Å². The Morgan fingerprint density at radius 3 is 2.43 bits per heavy atom. The van der Waals surface area contributed by atoms with Gasteiger partial charge < -0.3 is 9.80 Å². The molecule has 1 atom stereocenters. The highest BCUT2D eigenvalue weighted by Crippen LogP contribution is 2.38. The van der Waals surface area contributed by atoms with Gasteiger partial charge in [0.25, 0.3) is 0 Å². The fourth-order valence-corrected chi connectivity index (χ4v) is 3.18. The molecule has 2 heteroatoms. The molecule has 0 saturated carbocycles. The minimum absolute atomic E-state index is 0.650. The standard InChI is InChI=1S/C12H24N2/c1-11(2)14-7-4-5-12(10-14)6-8-13(3)9-12/h11H,4-10H2,1-3H3. The van der Waals surface area contributed by atoms with Crippen molar-refractivity contribution in [3.8, 4) is 0 Å². The molecule has 0 N–H and O–H groups in total. The zero-order valence-corrected chi connectivity index (χ0v) is 9.92. The van der Waals surface area contributed by atoms with Gasteiger partial charge in [-0.15, -0.1) is 0 Å². The van der Waals surface area contributed by atoms with Crippen molar-refractivity contribution >= 4 is 0 Å². The number of likely N-dealkylation sites (tertiary alicyclic amines) is 2. The van der Waals surface area contributed by atoms with Crippen molar-refractivity contribution in [3.63, 3.8) is 0 Å². The fraction of sp³-hybridized carbons (Fsp3) is 1.00. The number of nitrogens with zero attached hydrogens (tertiary/aromatic N) is 2. The lowest BCUT2D eigenvalue weighted by atomic mass is 9.79. The molecular weight excluding hydrogens is 172 g/mol. The Hall–Kier alpha value is -0.0800. The SMILES string of the molecule is CC(C)N1CCCC2(CCN(C)C2)C1. The maximum atomic E-state index is 2.67. The predicted molar refractivity (Wildman–Crippen MR) is 60.5 cm³/mol. The van der Waals surface area contributed by atoms with Crippen molar-refractivity contribution in [2.45, 2.75) is 39.2 Å². The highest BCUT2D eigenvalue weighted by molar-refractivity contribution is 4.94. The van der Waals surface area contributed by atoms with Crippen LogP contribution in [0.5, 0.6) is 0 Å². The van der Waals surface area contributed by atoms with Gasteiger partial charge in [0.15, 0.2) is 0 Å². The van der Waals surface area contributed by atoms with Crippen LogP contribution in [-0.2, 0) is 0 Å². The van der Waals surface area contributed by atoms with E-state index in [9.17, 15) is 0 Å². The highest BCUT2D eigenvalue weighted by Gasteiger charge is 2.40. The van der Waals surface area contributed by atoms with Crippen molar-refractivity contribution in [2.75, 3.05) is 33.2 Å². The number of hydrogen-bond donors (Lipinski definition) is 0. The molecule has 1 unspecified atom stereocenters. The monoisotopic (exact) mass is 196 g/mol. The summed E-state index contributed by atoms with van der Waals surface area (Å²) in [5.74, 6) is 0. The van der Waals surface area contributed by atoms with Crippen LogP contribution < -0.4 is 0 Å². The molecule has 0 bridgehead atoms. The molecule has 2 saturated heterocycles. The van der Waals surface area contributed by atoms with Crippen LogP contribution in [0.2, 0.25) is 0 Å². The summed E-state index contributed by atoms with van der Waals surface area (Å²) in [7, 11) is 2.27. The van der Waals surface area contributed by atoms with Gasteiger partial charge >= 0.3 is 0 Å². The summed E-state index contributed by atoms with van der Waals surface area (Å²) in [6.07, 6.45) is 4.29. The van der Waals surface area contributed by atoms with E-state index in [1.54, 1.807) is 0 Å². The quantitative estimate of drug-likeness (QED) is 0.631. The third-order valence-corrected chi connectivity index (χ3v) is 4.05. The van der Waals surface area contributed by atoms with Gasteiger partial charge in [-0.25, -0.2) is 0 Å². The topological polar surface area (TPSA) is 6.48 Å². The summed E-state index contributed by atoms with van der Waals surface area (Å²) >= 11 is 0. The third-order valence-electron chi connectivity index (χ3n) is 4.05. The fourth-order valence-electron chi connectivity index (χ4n) is 3.18. The lowest BCUT2D eigenvalue weighted by Crippen LogP contribution is -2.47. The van der Waals surface area contributed by atoms with Crippen molar-refractivity contribution < 1.29 is 0 Å². The van der Waals surface area contributed by atoms with E-state index in [0.29, 0.717) is 5.41 Å². The van der Waals surface area contributed by atoms with Gasteiger partial charge in [-0.2, -0.15) is 0 Å². The van der Waals surface area contributed by atoms with Crippen LogP contribution >= 0.6 is 0 Å². The Kier molecular flexibility index (Phi) is 2.85. The molecule has 0 amide bonds. The number of hydrogen-bond acceptors (Lipinski definition) is 2. The van der Waals surface area contributed by atoms with Crippen LogP contribution in [0.1, 0.15) is 33.1 Å². The van der Waals surface area contributed by atoms with Gasteiger partial charge in [0.2, 0.25) is 0 Å². The Morgan fingerprint density at radius 2 is 1.86 bits per heavy atom. The number of piperidine rings is 1. The lowest BCUT2D eigenvalue weighted by molar-refractivity contribution is 0.0728. The molecule has 2 rings (SSSR count). The van der Waals surface area contributed by atoms with Crippen molar-refractivity contribution in [1.29, 1.82) is 0 Å². The number of rotatable bonds is 1. The summed E-state index contributed by atoms with van der Waals surface area (Å²) in [6, 6.07) is 0.734. The molecule has 0 aromatic rings. The van der Waals surface area contributed by atoms with Gasteiger partial charge in [-0.3, -0.25) is 0 Å². The smallest absolute Gasteiger partial charge is 0.00534 e. The van der Waals surface area contributed by atoms with E-state index in [-0.39, 0.29) is 0 Å². The maximum Gasteiger partial charge on any atom is 0.00534 e. The first-order valence-electron chi connectivity index (χ1n) is 6.04. The summed E-state index contributed by atoms with van der Waals surface area (Å²) in [5.41, 5.74) is 0.650. The maximum absolute atomic E-state index is 2.67. The molecule has 0 aromatic carbocycles. The predicted octanol–water partition coefficient (Wildman–Crippen LogP) is 1.81. The van der Waals surface area contributed by atoms with Crippen molar-refractivity contribution in [3.05, 3.63) is 0 Å². The molecule has 2 fully saturated rings. The van der Waals surface area contributed by atoms with Gasteiger partial charge in [-0.1, -0.05) is 0 Å². The van der Waals surface area contributed by atoms with Gasteiger partial charge in [0.1, 0.15) is 0 Å². The highest BCUT2D eigenvalue weighted by atomic mass is 15.2. The van der Waals surface area contributed by atoms with Crippen LogP contribution in [0.15, 0.2) is 0 Å². The molecule has 2 heterocycles. The second kappa shape index (κ2) is 3.82. The molecule has 0 aromatic heterocycles. The minimum atomic E-state index is 0.650. The molecule has 82 valence electrons. The molecule has 2 aliphatic heterocycles. The Bertz CT molecular complexity index is 198. The van der Waals surface area contributed by atoms with E-state index < -0.39 is 0 Å². The summed E-state index contributed by atoms with van der Waals surface area (Å²) in [5, 5.41) is 0. The summed E-state index contributed by atoms with van der Waals surface area (Å²) in [4.78, 5) is 5.17. The third kappa shape index (κ3) is 1.96. The van der Waals surface area contributed by atoms with E-state index in [4.69, 9.17) is 0 Å². The minimum Gasteiger partial charge on any atom is -0.306 e. The molecule has 14 heavy (non-hydrogen) atoms. The van der Waals surface area contributed by atoms with Crippen molar-refractivity contribution in [1.82, 2.24) is 9.80 Å². The van der Waals surface area contributed by atoms with E-state index in [1.165, 1.54) is 45.4 Å². The molecular formula is C12H24N2. The van der Waals surface area contributed by atoms with Gasteiger partial charge in [0.05, 0.1) is 0 Å². The van der Waals surface area contributed by atoms with E-state index in [0.717, 1.165) is 6.04 Å². The summed E-state index contributed by atoms with van der Waals surface area (Å²) in [6.45, 7) is 9.97. The van der Waals surface area contributed by atoms with Crippen LogP contribution in [0.4, 0.5) is 0 Å². The van der Waals surface area contributed by atoms with Crippen LogP contribution in [0, 0.1) is 5.41 Å². The van der Waals surface area contributed by atoms with Gasteiger partial charge in [-0.05, 0) is 58.7 Å². The largest absolute Gasteiger partial charge is 0.306 e. The molecule has 1 spiro atoms. The summed E-state index contributed by atoms with van der Waals surface area (Å²) < 4.78 is 0. The second-order valence-electron chi connectivity index (χ2n) is 5.66. The first-order chi connectivity index (χ1) is 6.61. The average Bonchev–Trinajstić information content (AvgIpc) is 2.47. The van der Waals surface area contributed by atoms with Gasteiger partial charge in [0, 0.05) is 19.1 Å². The zero-order chi connectivity index (χ0) is 10.2. The van der Waals surface area contributed by atoms with Crippen LogP contribution in [-0.4, -0.2) is 49.1 Å². The Morgan fingerprint density at radius 1 is 1.07 bits per heavy atom. The molecule has 0 radical (unpaired) electrons. The second-order valence-corrected chi connectivity index (χ2v) is 5.66. The van der Waals surface area contributed by atoms with Crippen molar-refractivity contribution in [2.24, 2.45) is 5.41 Å². The zero-order valence-electron chi connectivity index (χ0n) is 9.92. The molecule has 2 nitrogen and oxygen atoms in total. The average molecular weight is 196 g/mol. The molecule has 2 aliphatic rings. The van der Waals surface area contributed by atoms with E-state index in [1.807, 2.05) is 0 Å². The normalized spacial score (nSPS) is 36.0.